The Morgan fingerprint density at radius 1 is 1.23 bits per heavy atom. The van der Waals surface area contributed by atoms with Crippen LogP contribution >= 0.6 is 11.6 Å². The number of nitro groups is 1. The summed E-state index contributed by atoms with van der Waals surface area (Å²) in [6.45, 7) is 0. The third-order valence-corrected chi connectivity index (χ3v) is 4.59. The highest BCUT2D eigenvalue weighted by Gasteiger charge is 2.28. The number of non-ortho nitro benzene ring substituents is 1. The Kier molecular flexibility index (Phi) is 3.51. The van der Waals surface area contributed by atoms with E-state index in [1.165, 1.54) is 18.2 Å². The molecule has 8 nitrogen and oxygen atoms in total. The molecule has 0 spiro atoms. The monoisotopic (exact) mass is 339 g/mol. The number of aromatic nitrogens is 2. The van der Waals surface area contributed by atoms with E-state index in [9.17, 15) is 19.5 Å². The van der Waals surface area contributed by atoms with Crippen LogP contribution < -0.4 is 4.90 Å². The SMILES string of the molecule is O=[N+]([O-])c1ccc([S@@](=O)c2ccc(Cl)cc2)c2c1no[n+]2[O-]. The summed E-state index contributed by atoms with van der Waals surface area (Å²) >= 11 is 5.77. The second kappa shape index (κ2) is 5.35. The maximum atomic E-state index is 12.6. The molecule has 0 bridgehead atoms. The van der Waals surface area contributed by atoms with E-state index in [4.69, 9.17) is 11.6 Å². The number of hydrogen-bond donors (Lipinski definition) is 0. The first-order chi connectivity index (χ1) is 10.5. The van der Waals surface area contributed by atoms with Gasteiger partial charge in [-0.3, -0.25) is 14.7 Å². The minimum atomic E-state index is -1.74. The van der Waals surface area contributed by atoms with Crippen LogP contribution in [-0.2, 0) is 10.8 Å². The molecule has 1 heterocycles. The summed E-state index contributed by atoms with van der Waals surface area (Å²) in [5.74, 6) is 0. The molecule has 112 valence electrons. The molecule has 2 aromatic carbocycles. The summed E-state index contributed by atoms with van der Waals surface area (Å²) in [5.41, 5.74) is -0.882. The van der Waals surface area contributed by atoms with Gasteiger partial charge in [-0.15, -0.1) is 0 Å². The lowest BCUT2D eigenvalue weighted by molar-refractivity contribution is -0.783. The second-order valence-corrected chi connectivity index (χ2v) is 6.07. The molecule has 0 N–H and O–H groups in total. The molecule has 1 aromatic heterocycles. The van der Waals surface area contributed by atoms with E-state index >= 15 is 0 Å². The first-order valence-electron chi connectivity index (χ1n) is 5.83. The van der Waals surface area contributed by atoms with Crippen molar-refractivity contribution in [2.75, 3.05) is 0 Å². The molecule has 0 fully saturated rings. The minimum absolute atomic E-state index is 0.00544. The van der Waals surface area contributed by atoms with E-state index in [1.807, 2.05) is 0 Å². The van der Waals surface area contributed by atoms with Gasteiger partial charge in [-0.25, -0.2) is 4.21 Å². The summed E-state index contributed by atoms with van der Waals surface area (Å²) in [5, 5.41) is 26.4. The average molecular weight is 340 g/mol. The standard InChI is InChI=1S/C12H6ClN3O5S/c13-7-1-3-8(4-2-7)22(20)10-6-5-9(15(17)18)11-12(10)16(19)21-14-11/h1-6H/t22-/m0/s1. The van der Waals surface area contributed by atoms with Crippen molar-refractivity contribution < 1.29 is 18.7 Å². The fourth-order valence-electron chi connectivity index (χ4n) is 1.92. The Balaban J connectivity index is 2.21. The Labute approximate surface area is 130 Å². The smallest absolute Gasteiger partial charge is 0.327 e. The normalized spacial score (nSPS) is 12.4. The van der Waals surface area contributed by atoms with Crippen molar-refractivity contribution in [3.63, 3.8) is 0 Å². The lowest BCUT2D eigenvalue weighted by Crippen LogP contribution is -2.24. The molecule has 1 atom stereocenters. The summed E-state index contributed by atoms with van der Waals surface area (Å²) < 4.78 is 17.0. The lowest BCUT2D eigenvalue weighted by Gasteiger charge is -2.02. The van der Waals surface area contributed by atoms with Gasteiger partial charge in [-0.05, 0) is 35.2 Å². The molecule has 0 aliphatic heterocycles. The zero-order chi connectivity index (χ0) is 15.9. The summed E-state index contributed by atoms with van der Waals surface area (Å²) in [6, 6.07) is 8.56. The van der Waals surface area contributed by atoms with E-state index < -0.39 is 21.4 Å². The van der Waals surface area contributed by atoms with Crippen LogP contribution in [0.1, 0.15) is 0 Å². The number of nitrogens with zero attached hydrogens (tertiary/aromatic N) is 3. The van der Waals surface area contributed by atoms with Crippen molar-refractivity contribution in [1.82, 2.24) is 5.16 Å². The molecule has 3 rings (SSSR count). The summed E-state index contributed by atoms with van der Waals surface area (Å²) in [6.07, 6.45) is 0. The van der Waals surface area contributed by atoms with E-state index in [-0.39, 0.29) is 20.8 Å². The van der Waals surface area contributed by atoms with Crippen molar-refractivity contribution in [3.05, 3.63) is 56.7 Å². The van der Waals surface area contributed by atoms with Gasteiger partial charge in [0, 0.05) is 16.0 Å². The van der Waals surface area contributed by atoms with Crippen LogP contribution in [0.25, 0.3) is 11.0 Å². The van der Waals surface area contributed by atoms with Gasteiger partial charge in [-0.1, -0.05) is 11.6 Å². The Morgan fingerprint density at radius 3 is 2.55 bits per heavy atom. The van der Waals surface area contributed by atoms with Crippen LogP contribution in [0.15, 0.2) is 50.8 Å². The van der Waals surface area contributed by atoms with Crippen molar-refractivity contribution in [2.24, 2.45) is 0 Å². The van der Waals surface area contributed by atoms with Gasteiger partial charge in [0.1, 0.15) is 4.90 Å². The molecule has 10 heteroatoms. The van der Waals surface area contributed by atoms with Gasteiger partial charge in [0.05, 0.1) is 20.9 Å². The van der Waals surface area contributed by atoms with E-state index in [1.54, 1.807) is 12.1 Å². The van der Waals surface area contributed by atoms with Gasteiger partial charge in [0.2, 0.25) is 5.52 Å². The van der Waals surface area contributed by atoms with Gasteiger partial charge < -0.3 is 5.21 Å². The predicted molar refractivity (Wildman–Crippen MR) is 75.7 cm³/mol. The predicted octanol–water partition coefficient (Wildman–Crippen LogP) is 2.19. The molecule has 0 unspecified atom stereocenters. The number of halogens is 1. The lowest BCUT2D eigenvalue weighted by atomic mass is 10.3. The Hall–Kier alpha value is -2.52. The van der Waals surface area contributed by atoms with Crippen LogP contribution in [-0.4, -0.2) is 14.3 Å². The van der Waals surface area contributed by atoms with Crippen molar-refractivity contribution in [3.8, 4) is 0 Å². The zero-order valence-electron chi connectivity index (χ0n) is 10.6. The van der Waals surface area contributed by atoms with Crippen LogP contribution in [0.2, 0.25) is 5.02 Å². The van der Waals surface area contributed by atoms with Gasteiger partial charge in [-0.2, -0.15) is 0 Å². The zero-order valence-corrected chi connectivity index (χ0v) is 12.2. The quantitative estimate of drug-likeness (QED) is 0.410. The fourth-order valence-corrected chi connectivity index (χ4v) is 3.22. The number of nitro benzene ring substituents is 1. The maximum Gasteiger partial charge on any atom is 0.327 e. The molecular formula is C12H6ClN3O5S. The fraction of sp³-hybridized carbons (Fsp3) is 0. The molecule has 0 radical (unpaired) electrons. The topological polar surface area (TPSA) is 113 Å². The van der Waals surface area contributed by atoms with Crippen LogP contribution in [0.4, 0.5) is 5.69 Å². The average Bonchev–Trinajstić information content (AvgIpc) is 2.89. The Morgan fingerprint density at radius 2 is 1.91 bits per heavy atom. The molecule has 0 aliphatic rings. The van der Waals surface area contributed by atoms with Crippen molar-refractivity contribution >= 4 is 39.1 Å². The number of rotatable bonds is 3. The number of benzene rings is 2. The third kappa shape index (κ3) is 2.30. The molecule has 22 heavy (non-hydrogen) atoms. The highest BCUT2D eigenvalue weighted by atomic mass is 35.5. The van der Waals surface area contributed by atoms with E-state index in [2.05, 4.69) is 9.79 Å². The molecule has 0 aliphatic carbocycles. The highest BCUT2D eigenvalue weighted by Crippen LogP contribution is 2.29. The summed E-state index contributed by atoms with van der Waals surface area (Å²) in [7, 11) is -1.74. The molecule has 0 saturated heterocycles. The highest BCUT2D eigenvalue weighted by molar-refractivity contribution is 7.85. The second-order valence-electron chi connectivity index (χ2n) is 4.19. The minimum Gasteiger partial charge on any atom is -0.359 e. The van der Waals surface area contributed by atoms with E-state index in [0.717, 1.165) is 6.07 Å². The number of fused-ring (bicyclic) bond motifs is 1. The molecule has 0 saturated carbocycles. The first-order valence-corrected chi connectivity index (χ1v) is 7.36. The van der Waals surface area contributed by atoms with Crippen LogP contribution in [0.3, 0.4) is 0 Å². The Bertz CT molecular complexity index is 909. The summed E-state index contributed by atoms with van der Waals surface area (Å²) in [4.78, 5) is 10.7. The van der Waals surface area contributed by atoms with Crippen LogP contribution in [0.5, 0.6) is 0 Å². The van der Waals surface area contributed by atoms with Gasteiger partial charge in [0.25, 0.3) is 0 Å². The largest absolute Gasteiger partial charge is 0.359 e. The van der Waals surface area contributed by atoms with Crippen molar-refractivity contribution in [2.45, 2.75) is 9.79 Å². The molecule has 0 amide bonds. The molecular weight excluding hydrogens is 334 g/mol. The maximum absolute atomic E-state index is 12.6. The van der Waals surface area contributed by atoms with Gasteiger partial charge in [0.15, 0.2) is 0 Å². The third-order valence-electron chi connectivity index (χ3n) is 2.91. The first kappa shape index (κ1) is 14.4. The van der Waals surface area contributed by atoms with Gasteiger partial charge >= 0.3 is 11.2 Å². The van der Waals surface area contributed by atoms with E-state index in [0.29, 0.717) is 9.92 Å². The molecule has 3 aromatic rings. The van der Waals surface area contributed by atoms with Crippen molar-refractivity contribution in [1.29, 1.82) is 0 Å². The number of hydrogen-bond acceptors (Lipinski definition) is 6. The van der Waals surface area contributed by atoms with Crippen LogP contribution in [0, 0.1) is 15.3 Å².